The van der Waals surface area contributed by atoms with Crippen LogP contribution in [0.25, 0.3) is 0 Å². The molecule has 1 aliphatic heterocycles. The SMILES string of the molecule is CC(C)NCC1(CCSC(F)(F)F)CCCOC1. The lowest BCUT2D eigenvalue weighted by atomic mass is 9.80. The van der Waals surface area contributed by atoms with Crippen LogP contribution in [0, 0.1) is 5.41 Å². The molecule has 0 radical (unpaired) electrons. The Morgan fingerprint density at radius 1 is 1.39 bits per heavy atom. The molecule has 1 saturated heterocycles. The molecule has 0 amide bonds. The zero-order chi connectivity index (χ0) is 13.6. The molecule has 108 valence electrons. The van der Waals surface area contributed by atoms with Crippen molar-refractivity contribution in [2.45, 2.75) is 44.7 Å². The second kappa shape index (κ2) is 7.01. The molecule has 1 aliphatic rings. The van der Waals surface area contributed by atoms with Crippen molar-refractivity contribution in [3.8, 4) is 0 Å². The van der Waals surface area contributed by atoms with Crippen molar-refractivity contribution < 1.29 is 17.9 Å². The van der Waals surface area contributed by atoms with Crippen molar-refractivity contribution in [2.24, 2.45) is 5.41 Å². The van der Waals surface area contributed by atoms with Gasteiger partial charge in [-0.2, -0.15) is 13.2 Å². The Balaban J connectivity index is 2.44. The van der Waals surface area contributed by atoms with Crippen LogP contribution in [0.15, 0.2) is 0 Å². The fraction of sp³-hybridized carbons (Fsp3) is 1.00. The minimum absolute atomic E-state index is 0.0767. The van der Waals surface area contributed by atoms with E-state index in [0.717, 1.165) is 26.0 Å². The van der Waals surface area contributed by atoms with Crippen LogP contribution >= 0.6 is 11.8 Å². The van der Waals surface area contributed by atoms with Gasteiger partial charge in [-0.3, -0.25) is 0 Å². The topological polar surface area (TPSA) is 21.3 Å². The third kappa shape index (κ3) is 6.29. The molecule has 0 bridgehead atoms. The van der Waals surface area contributed by atoms with Crippen molar-refractivity contribution in [3.63, 3.8) is 0 Å². The lowest BCUT2D eigenvalue weighted by Crippen LogP contribution is -2.43. The van der Waals surface area contributed by atoms with Crippen LogP contribution in [-0.2, 0) is 4.74 Å². The number of halogens is 3. The average molecular weight is 285 g/mol. The third-order valence-electron chi connectivity index (χ3n) is 3.19. The highest BCUT2D eigenvalue weighted by Crippen LogP contribution is 2.37. The number of alkyl halides is 3. The van der Waals surface area contributed by atoms with Crippen LogP contribution in [-0.4, -0.2) is 37.1 Å². The van der Waals surface area contributed by atoms with Crippen LogP contribution < -0.4 is 5.32 Å². The maximum Gasteiger partial charge on any atom is 0.441 e. The number of thioether (sulfide) groups is 1. The highest BCUT2D eigenvalue weighted by atomic mass is 32.2. The molecular weight excluding hydrogens is 263 g/mol. The van der Waals surface area contributed by atoms with Gasteiger partial charge in [-0.05, 0) is 19.3 Å². The normalized spacial score (nSPS) is 25.7. The number of hydrogen-bond donors (Lipinski definition) is 1. The molecule has 1 heterocycles. The quantitative estimate of drug-likeness (QED) is 0.808. The largest absolute Gasteiger partial charge is 0.441 e. The van der Waals surface area contributed by atoms with E-state index in [1.807, 2.05) is 13.8 Å². The second-order valence-corrected chi connectivity index (χ2v) is 6.40. The molecule has 1 N–H and O–H groups in total. The minimum atomic E-state index is -4.12. The molecule has 0 saturated carbocycles. The first-order chi connectivity index (χ1) is 8.33. The first kappa shape index (κ1) is 16.1. The van der Waals surface area contributed by atoms with E-state index >= 15 is 0 Å². The summed E-state index contributed by atoms with van der Waals surface area (Å²) < 4.78 is 42.0. The molecule has 6 heteroatoms. The van der Waals surface area contributed by atoms with Crippen LogP contribution in [0.2, 0.25) is 0 Å². The molecule has 1 fully saturated rings. The molecule has 0 aromatic carbocycles. The van der Waals surface area contributed by atoms with Gasteiger partial charge in [0.2, 0.25) is 0 Å². The maximum absolute atomic E-state index is 12.2. The third-order valence-corrected chi connectivity index (χ3v) is 3.92. The van der Waals surface area contributed by atoms with Crippen LogP contribution in [0.4, 0.5) is 13.2 Å². The van der Waals surface area contributed by atoms with Crippen LogP contribution in [0.3, 0.4) is 0 Å². The van der Waals surface area contributed by atoms with Gasteiger partial charge in [-0.15, -0.1) is 0 Å². The Labute approximate surface area is 111 Å². The molecule has 0 spiro atoms. The molecule has 2 nitrogen and oxygen atoms in total. The van der Waals surface area contributed by atoms with Crippen LogP contribution in [0.1, 0.15) is 33.1 Å². The Hall–Kier alpha value is 0.0600. The minimum Gasteiger partial charge on any atom is -0.381 e. The van der Waals surface area contributed by atoms with Gasteiger partial charge in [0.15, 0.2) is 0 Å². The fourth-order valence-corrected chi connectivity index (χ4v) is 2.91. The predicted octanol–water partition coefficient (Wildman–Crippen LogP) is 3.42. The number of nitrogens with one attached hydrogen (secondary N) is 1. The first-order valence-electron chi connectivity index (χ1n) is 6.35. The van der Waals surface area contributed by atoms with E-state index in [2.05, 4.69) is 5.32 Å². The Morgan fingerprint density at radius 2 is 2.11 bits per heavy atom. The van der Waals surface area contributed by atoms with Crippen LogP contribution in [0.5, 0.6) is 0 Å². The van der Waals surface area contributed by atoms with Crippen molar-refractivity contribution in [1.29, 1.82) is 0 Å². The monoisotopic (exact) mass is 285 g/mol. The van der Waals surface area contributed by atoms with Gasteiger partial charge in [0.1, 0.15) is 0 Å². The molecule has 18 heavy (non-hydrogen) atoms. The van der Waals surface area contributed by atoms with Gasteiger partial charge in [0.25, 0.3) is 0 Å². The van der Waals surface area contributed by atoms with Crippen molar-refractivity contribution in [1.82, 2.24) is 5.32 Å². The first-order valence-corrected chi connectivity index (χ1v) is 7.33. The second-order valence-electron chi connectivity index (χ2n) is 5.24. The summed E-state index contributed by atoms with van der Waals surface area (Å²) in [6.45, 7) is 6.13. The molecule has 0 aliphatic carbocycles. The lowest BCUT2D eigenvalue weighted by Gasteiger charge is -2.38. The smallest absolute Gasteiger partial charge is 0.381 e. The molecule has 1 atom stereocenters. The van der Waals surface area contributed by atoms with Gasteiger partial charge in [0, 0.05) is 30.4 Å². The predicted molar refractivity (Wildman–Crippen MR) is 68.8 cm³/mol. The number of ether oxygens (including phenoxy) is 1. The van der Waals surface area contributed by atoms with Gasteiger partial charge in [-0.1, -0.05) is 25.6 Å². The van der Waals surface area contributed by atoms with Gasteiger partial charge < -0.3 is 10.1 Å². The van der Waals surface area contributed by atoms with Gasteiger partial charge >= 0.3 is 5.51 Å². The Bertz CT molecular complexity index is 240. The highest BCUT2D eigenvalue weighted by molar-refractivity contribution is 8.00. The molecule has 1 unspecified atom stereocenters. The lowest BCUT2D eigenvalue weighted by molar-refractivity contribution is -0.0339. The summed E-state index contributed by atoms with van der Waals surface area (Å²) >= 11 is 0.0767. The summed E-state index contributed by atoms with van der Waals surface area (Å²) in [5.74, 6) is 0.118. The summed E-state index contributed by atoms with van der Waals surface area (Å²) in [5.41, 5.74) is -4.25. The zero-order valence-electron chi connectivity index (χ0n) is 11.0. The van der Waals surface area contributed by atoms with Crippen molar-refractivity contribution in [2.75, 3.05) is 25.5 Å². The Morgan fingerprint density at radius 3 is 2.61 bits per heavy atom. The van der Waals surface area contributed by atoms with E-state index in [1.165, 1.54) is 0 Å². The summed E-state index contributed by atoms with van der Waals surface area (Å²) in [7, 11) is 0. The summed E-state index contributed by atoms with van der Waals surface area (Å²) in [6, 6.07) is 0.346. The maximum atomic E-state index is 12.2. The molecular formula is C12H22F3NOS. The number of hydrogen-bond acceptors (Lipinski definition) is 3. The van der Waals surface area contributed by atoms with Gasteiger partial charge in [-0.25, -0.2) is 0 Å². The molecule has 1 rings (SSSR count). The molecule has 0 aromatic rings. The summed E-state index contributed by atoms with van der Waals surface area (Å²) in [6.07, 6.45) is 2.44. The highest BCUT2D eigenvalue weighted by Gasteiger charge is 2.35. The number of rotatable bonds is 6. The van der Waals surface area contributed by atoms with E-state index < -0.39 is 5.51 Å². The zero-order valence-corrected chi connectivity index (χ0v) is 11.8. The van der Waals surface area contributed by atoms with Crippen molar-refractivity contribution in [3.05, 3.63) is 0 Å². The van der Waals surface area contributed by atoms with E-state index in [1.54, 1.807) is 0 Å². The van der Waals surface area contributed by atoms with E-state index in [9.17, 15) is 13.2 Å². The van der Waals surface area contributed by atoms with E-state index in [4.69, 9.17) is 4.74 Å². The summed E-state index contributed by atoms with van der Waals surface area (Å²) in [5, 5.41) is 3.33. The average Bonchev–Trinajstić information content (AvgIpc) is 2.26. The molecule has 0 aromatic heterocycles. The Kier molecular flexibility index (Phi) is 6.27. The standard InChI is InChI=1S/C12H22F3NOS/c1-10(2)16-8-11(4-3-6-17-9-11)5-7-18-12(13,14)15/h10,16H,3-9H2,1-2H3. The van der Waals surface area contributed by atoms with Crippen molar-refractivity contribution >= 4 is 11.8 Å². The van der Waals surface area contributed by atoms with E-state index in [0.29, 0.717) is 19.1 Å². The summed E-state index contributed by atoms with van der Waals surface area (Å²) in [4.78, 5) is 0. The van der Waals surface area contributed by atoms with Gasteiger partial charge in [0.05, 0.1) is 6.61 Å². The van der Waals surface area contributed by atoms with E-state index in [-0.39, 0.29) is 22.9 Å². The fourth-order valence-electron chi connectivity index (χ4n) is 2.14.